The largest absolute Gasteiger partial charge is 0.482 e. The highest BCUT2D eigenvalue weighted by molar-refractivity contribution is 7.89. The molecule has 0 aliphatic carbocycles. The molecule has 0 radical (unpaired) electrons. The predicted octanol–water partition coefficient (Wildman–Crippen LogP) is 1.85. The van der Waals surface area contributed by atoms with Crippen molar-refractivity contribution in [1.82, 2.24) is 0 Å². The van der Waals surface area contributed by atoms with E-state index in [1.54, 1.807) is 12.1 Å². The number of primary sulfonamides is 1. The third-order valence-corrected chi connectivity index (χ3v) is 4.76. The predicted molar refractivity (Wildman–Crippen MR) is 103 cm³/mol. The highest BCUT2D eigenvalue weighted by atomic mass is 32.2. The van der Waals surface area contributed by atoms with Gasteiger partial charge in [0.25, 0.3) is 5.91 Å². The van der Waals surface area contributed by atoms with Gasteiger partial charge in [0.1, 0.15) is 5.75 Å². The van der Waals surface area contributed by atoms with Crippen LogP contribution in [0, 0.1) is 0 Å². The fourth-order valence-electron chi connectivity index (χ4n) is 2.33. The van der Waals surface area contributed by atoms with Gasteiger partial charge in [-0.3, -0.25) is 4.79 Å². The zero-order chi connectivity index (χ0) is 20.7. The van der Waals surface area contributed by atoms with Crippen molar-refractivity contribution in [3.8, 4) is 5.75 Å². The third-order valence-electron chi connectivity index (χ3n) is 3.83. The van der Waals surface area contributed by atoms with Gasteiger partial charge in [0.15, 0.2) is 12.7 Å². The molecule has 0 aliphatic rings. The minimum Gasteiger partial charge on any atom is -0.482 e. The number of esters is 1. The van der Waals surface area contributed by atoms with Crippen LogP contribution in [0.4, 0.5) is 5.69 Å². The summed E-state index contributed by atoms with van der Waals surface area (Å²) in [4.78, 5) is 24.0. The van der Waals surface area contributed by atoms with Gasteiger partial charge < -0.3 is 14.8 Å². The number of nitrogens with one attached hydrogen (secondary N) is 1. The van der Waals surface area contributed by atoms with E-state index in [0.29, 0.717) is 11.4 Å². The second kappa shape index (κ2) is 9.34. The minimum atomic E-state index is -3.81. The average Bonchev–Trinajstić information content (AvgIpc) is 2.66. The molecule has 0 saturated carbocycles. The van der Waals surface area contributed by atoms with Crippen LogP contribution in [0.2, 0.25) is 0 Å². The van der Waals surface area contributed by atoms with E-state index in [4.69, 9.17) is 14.6 Å². The fraction of sp³-hybridized carbons (Fsp3) is 0.263. The molecule has 0 saturated heterocycles. The molecule has 0 aliphatic heterocycles. The Hall–Kier alpha value is -2.91. The van der Waals surface area contributed by atoms with E-state index < -0.39 is 28.0 Å². The zero-order valence-electron chi connectivity index (χ0n) is 15.5. The van der Waals surface area contributed by atoms with Crippen LogP contribution in [-0.2, 0) is 30.8 Å². The Morgan fingerprint density at radius 2 is 1.75 bits per heavy atom. The average molecular weight is 406 g/mol. The normalized spacial score (nSPS) is 12.1. The van der Waals surface area contributed by atoms with E-state index in [1.165, 1.54) is 31.2 Å². The molecule has 0 heterocycles. The zero-order valence-corrected chi connectivity index (χ0v) is 16.4. The van der Waals surface area contributed by atoms with Crippen molar-refractivity contribution in [2.24, 2.45) is 5.14 Å². The number of sulfonamides is 1. The monoisotopic (exact) mass is 406 g/mol. The van der Waals surface area contributed by atoms with Crippen LogP contribution in [0.5, 0.6) is 5.75 Å². The molecule has 1 atom stereocenters. The van der Waals surface area contributed by atoms with Crippen molar-refractivity contribution in [1.29, 1.82) is 0 Å². The second-order valence-electron chi connectivity index (χ2n) is 5.94. The Labute approximate surface area is 163 Å². The minimum absolute atomic E-state index is 0.0746. The second-order valence-corrected chi connectivity index (χ2v) is 7.50. The SMILES string of the molecule is CCc1ccccc1OCC(=O)OC(C)C(=O)Nc1ccc(S(N)(=O)=O)cc1. The number of benzene rings is 2. The Balaban J connectivity index is 1.86. The Morgan fingerprint density at radius 3 is 2.36 bits per heavy atom. The smallest absolute Gasteiger partial charge is 0.344 e. The maximum Gasteiger partial charge on any atom is 0.344 e. The van der Waals surface area contributed by atoms with Crippen molar-refractivity contribution < 1.29 is 27.5 Å². The number of hydrogen-bond donors (Lipinski definition) is 2. The Bertz CT molecular complexity index is 941. The topological polar surface area (TPSA) is 125 Å². The fourth-order valence-corrected chi connectivity index (χ4v) is 2.85. The molecule has 2 aromatic carbocycles. The van der Waals surface area contributed by atoms with Crippen LogP contribution in [0.15, 0.2) is 53.4 Å². The van der Waals surface area contributed by atoms with E-state index in [2.05, 4.69) is 5.32 Å². The summed E-state index contributed by atoms with van der Waals surface area (Å²) in [5.74, 6) is -0.655. The van der Waals surface area contributed by atoms with Gasteiger partial charge in [0, 0.05) is 5.69 Å². The summed E-state index contributed by atoms with van der Waals surface area (Å²) in [6, 6.07) is 12.6. The highest BCUT2D eigenvalue weighted by Crippen LogP contribution is 2.18. The summed E-state index contributed by atoms with van der Waals surface area (Å²) in [7, 11) is -3.81. The van der Waals surface area contributed by atoms with Crippen LogP contribution in [-0.4, -0.2) is 33.0 Å². The summed E-state index contributed by atoms with van der Waals surface area (Å²) in [5.41, 5.74) is 1.30. The molecule has 1 unspecified atom stereocenters. The molecular formula is C19H22N2O6S. The Kier molecular flexibility index (Phi) is 7.13. The first kappa shape index (κ1) is 21.4. The molecule has 0 bridgehead atoms. The summed E-state index contributed by atoms with van der Waals surface area (Å²) < 4.78 is 33.0. The molecule has 28 heavy (non-hydrogen) atoms. The van der Waals surface area contributed by atoms with Crippen LogP contribution in [0.1, 0.15) is 19.4 Å². The van der Waals surface area contributed by atoms with Crippen molar-refractivity contribution in [2.75, 3.05) is 11.9 Å². The molecule has 150 valence electrons. The number of amides is 1. The lowest BCUT2D eigenvalue weighted by atomic mass is 10.1. The van der Waals surface area contributed by atoms with E-state index in [1.807, 2.05) is 19.1 Å². The Morgan fingerprint density at radius 1 is 1.11 bits per heavy atom. The lowest BCUT2D eigenvalue weighted by Gasteiger charge is -2.15. The molecule has 2 rings (SSSR count). The van der Waals surface area contributed by atoms with Crippen LogP contribution < -0.4 is 15.2 Å². The van der Waals surface area contributed by atoms with Gasteiger partial charge in [0.05, 0.1) is 4.90 Å². The molecule has 8 nitrogen and oxygen atoms in total. The number of rotatable bonds is 8. The van der Waals surface area contributed by atoms with Gasteiger partial charge in [-0.15, -0.1) is 0 Å². The summed E-state index contributed by atoms with van der Waals surface area (Å²) in [5, 5.41) is 7.54. The lowest BCUT2D eigenvalue weighted by Crippen LogP contribution is -2.31. The number of ether oxygens (including phenoxy) is 2. The summed E-state index contributed by atoms with van der Waals surface area (Å²) in [6.45, 7) is 3.08. The molecule has 0 aromatic heterocycles. The standard InChI is InChI=1S/C19H22N2O6S/c1-3-14-6-4-5-7-17(14)26-12-18(22)27-13(2)19(23)21-15-8-10-16(11-9-15)28(20,24)25/h4-11,13H,3,12H2,1-2H3,(H,21,23)(H2,20,24,25). The summed E-state index contributed by atoms with van der Waals surface area (Å²) >= 11 is 0. The first-order chi connectivity index (χ1) is 13.2. The number of carbonyl (C=O) groups is 2. The van der Waals surface area contributed by atoms with Crippen LogP contribution in [0.3, 0.4) is 0 Å². The lowest BCUT2D eigenvalue weighted by molar-refractivity contribution is -0.155. The molecule has 0 fully saturated rings. The van der Waals surface area contributed by atoms with Crippen LogP contribution in [0.25, 0.3) is 0 Å². The van der Waals surface area contributed by atoms with Crippen molar-refractivity contribution in [2.45, 2.75) is 31.3 Å². The van der Waals surface area contributed by atoms with Crippen LogP contribution >= 0.6 is 0 Å². The number of para-hydroxylation sites is 1. The highest BCUT2D eigenvalue weighted by Gasteiger charge is 2.19. The summed E-state index contributed by atoms with van der Waals surface area (Å²) in [6.07, 6.45) is -0.302. The van der Waals surface area contributed by atoms with Gasteiger partial charge in [0.2, 0.25) is 10.0 Å². The van der Waals surface area contributed by atoms with Crippen molar-refractivity contribution >= 4 is 27.6 Å². The molecule has 0 spiro atoms. The molecular weight excluding hydrogens is 384 g/mol. The van der Waals surface area contributed by atoms with Crippen molar-refractivity contribution in [3.63, 3.8) is 0 Å². The molecule has 3 N–H and O–H groups in total. The number of anilines is 1. The number of carbonyl (C=O) groups excluding carboxylic acids is 2. The third kappa shape index (κ3) is 6.07. The number of aryl methyl sites for hydroxylation is 1. The number of hydrogen-bond acceptors (Lipinski definition) is 6. The van der Waals surface area contributed by atoms with E-state index >= 15 is 0 Å². The first-order valence-electron chi connectivity index (χ1n) is 8.54. The van der Waals surface area contributed by atoms with Gasteiger partial charge in [-0.1, -0.05) is 25.1 Å². The molecule has 2 aromatic rings. The first-order valence-corrected chi connectivity index (χ1v) is 10.1. The van der Waals surface area contributed by atoms with Crippen molar-refractivity contribution in [3.05, 3.63) is 54.1 Å². The van der Waals surface area contributed by atoms with E-state index in [-0.39, 0.29) is 11.5 Å². The van der Waals surface area contributed by atoms with Gasteiger partial charge in [-0.05, 0) is 49.2 Å². The molecule has 1 amide bonds. The van der Waals surface area contributed by atoms with Gasteiger partial charge in [-0.2, -0.15) is 0 Å². The van der Waals surface area contributed by atoms with E-state index in [9.17, 15) is 18.0 Å². The number of nitrogens with two attached hydrogens (primary N) is 1. The maximum absolute atomic E-state index is 12.1. The van der Waals surface area contributed by atoms with E-state index in [0.717, 1.165) is 12.0 Å². The van der Waals surface area contributed by atoms with Gasteiger partial charge >= 0.3 is 5.97 Å². The van der Waals surface area contributed by atoms with Gasteiger partial charge in [-0.25, -0.2) is 18.4 Å². The quantitative estimate of drug-likeness (QED) is 0.645. The maximum atomic E-state index is 12.1. The molecule has 9 heteroatoms.